The maximum Gasteiger partial charge on any atom is 0.246 e. The Hall–Kier alpha value is -2.95. The monoisotopic (exact) mass is 355 g/mol. The zero-order chi connectivity index (χ0) is 18.9. The molecule has 0 unspecified atom stereocenters. The fraction of sp³-hybridized carbons (Fsp3) is 0.286. The van der Waals surface area contributed by atoms with E-state index in [1.807, 2.05) is 43.3 Å². The first kappa shape index (κ1) is 19.4. The quantitative estimate of drug-likeness (QED) is 0.676. The third-order valence-electron chi connectivity index (χ3n) is 3.82. The van der Waals surface area contributed by atoms with Crippen molar-refractivity contribution in [1.29, 1.82) is 0 Å². The maximum absolute atomic E-state index is 12.4. The fourth-order valence-corrected chi connectivity index (χ4v) is 2.43. The summed E-state index contributed by atoms with van der Waals surface area (Å²) in [6.07, 6.45) is 3.30. The van der Waals surface area contributed by atoms with Gasteiger partial charge in [0.25, 0.3) is 0 Å². The summed E-state index contributed by atoms with van der Waals surface area (Å²) in [7, 11) is 4.96. The predicted molar refractivity (Wildman–Crippen MR) is 103 cm³/mol. The Morgan fingerprint density at radius 2 is 1.62 bits per heavy atom. The van der Waals surface area contributed by atoms with Crippen LogP contribution in [-0.4, -0.2) is 38.7 Å². The first-order valence-electron chi connectivity index (χ1n) is 8.43. The number of benzene rings is 2. The average molecular weight is 355 g/mol. The summed E-state index contributed by atoms with van der Waals surface area (Å²) in [5.41, 5.74) is 1.88. The van der Waals surface area contributed by atoms with Crippen LogP contribution in [0.5, 0.6) is 17.2 Å². The number of hydrogen-bond donors (Lipinski definition) is 0. The molecule has 0 aromatic heterocycles. The molecule has 2 aromatic rings. The largest absolute Gasteiger partial charge is 0.497 e. The number of hydrogen-bond acceptors (Lipinski definition) is 4. The first-order chi connectivity index (χ1) is 12.5. The zero-order valence-corrected chi connectivity index (χ0v) is 15.7. The molecule has 0 saturated heterocycles. The summed E-state index contributed by atoms with van der Waals surface area (Å²) < 4.78 is 15.9. The number of rotatable bonds is 8. The van der Waals surface area contributed by atoms with Crippen LogP contribution in [0.3, 0.4) is 0 Å². The van der Waals surface area contributed by atoms with Crippen molar-refractivity contribution in [1.82, 2.24) is 4.90 Å². The highest BCUT2D eigenvalue weighted by Crippen LogP contribution is 2.23. The van der Waals surface area contributed by atoms with E-state index in [1.165, 1.54) is 0 Å². The summed E-state index contributed by atoms with van der Waals surface area (Å²) in [4.78, 5) is 14.0. The molecule has 0 fully saturated rings. The Balaban J connectivity index is 2.00. The van der Waals surface area contributed by atoms with E-state index in [4.69, 9.17) is 14.2 Å². The molecule has 138 valence electrons. The van der Waals surface area contributed by atoms with Crippen LogP contribution >= 0.6 is 0 Å². The Morgan fingerprint density at radius 1 is 1.00 bits per heavy atom. The second-order valence-electron chi connectivity index (χ2n) is 5.75. The summed E-state index contributed by atoms with van der Waals surface area (Å²) in [6, 6.07) is 13.2. The number of ether oxygens (including phenoxy) is 3. The highest BCUT2D eigenvalue weighted by atomic mass is 16.5. The van der Waals surface area contributed by atoms with Gasteiger partial charge in [-0.25, -0.2) is 0 Å². The summed E-state index contributed by atoms with van der Waals surface area (Å²) in [5.74, 6) is 2.11. The lowest BCUT2D eigenvalue weighted by Crippen LogP contribution is -2.24. The number of amides is 1. The lowest BCUT2D eigenvalue weighted by molar-refractivity contribution is -0.125. The van der Waals surface area contributed by atoms with Gasteiger partial charge >= 0.3 is 0 Å². The van der Waals surface area contributed by atoms with Crippen LogP contribution in [0.1, 0.15) is 18.1 Å². The van der Waals surface area contributed by atoms with E-state index in [2.05, 4.69) is 0 Å². The van der Waals surface area contributed by atoms with Crippen molar-refractivity contribution in [3.8, 4) is 17.2 Å². The molecule has 0 aliphatic carbocycles. The summed E-state index contributed by atoms with van der Waals surface area (Å²) >= 11 is 0. The summed E-state index contributed by atoms with van der Waals surface area (Å²) in [6.45, 7) is 3.11. The minimum Gasteiger partial charge on any atom is -0.497 e. The Morgan fingerprint density at radius 3 is 2.15 bits per heavy atom. The van der Waals surface area contributed by atoms with Crippen LogP contribution in [0.25, 0.3) is 6.08 Å². The van der Waals surface area contributed by atoms with E-state index in [0.717, 1.165) is 16.9 Å². The normalized spacial score (nSPS) is 10.6. The van der Waals surface area contributed by atoms with Gasteiger partial charge in [-0.3, -0.25) is 4.79 Å². The predicted octanol–water partition coefficient (Wildman–Crippen LogP) is 3.77. The van der Waals surface area contributed by atoms with Gasteiger partial charge in [-0.15, -0.1) is 0 Å². The number of nitrogens with zero attached hydrogens (tertiary/aromatic N) is 1. The first-order valence-corrected chi connectivity index (χ1v) is 8.43. The molecule has 26 heavy (non-hydrogen) atoms. The van der Waals surface area contributed by atoms with Crippen molar-refractivity contribution >= 4 is 12.0 Å². The molecule has 5 heteroatoms. The number of methoxy groups -OCH3 is 2. The smallest absolute Gasteiger partial charge is 0.246 e. The standard InChI is InChI=1S/C21H25NO4/c1-5-26-18-9-6-16(7-10-18)15-22(2)21(23)11-8-17-12-19(24-3)14-20(13-17)25-4/h6-14H,5,15H2,1-4H3/b11-8+. The molecule has 0 bridgehead atoms. The fourth-order valence-electron chi connectivity index (χ4n) is 2.43. The number of carbonyl (C=O) groups is 1. The highest BCUT2D eigenvalue weighted by molar-refractivity contribution is 5.91. The van der Waals surface area contributed by atoms with Gasteiger partial charge in [0, 0.05) is 25.7 Å². The van der Waals surface area contributed by atoms with Crippen molar-refractivity contribution in [2.24, 2.45) is 0 Å². The molecular formula is C21H25NO4. The van der Waals surface area contributed by atoms with E-state index in [0.29, 0.717) is 24.7 Å². The molecule has 0 aliphatic rings. The Bertz CT molecular complexity index is 731. The number of likely N-dealkylation sites (N-methyl/N-ethyl adjacent to an activating group) is 1. The van der Waals surface area contributed by atoms with Crippen molar-refractivity contribution in [2.45, 2.75) is 13.5 Å². The average Bonchev–Trinajstić information content (AvgIpc) is 2.67. The molecule has 0 heterocycles. The summed E-state index contributed by atoms with van der Waals surface area (Å²) in [5, 5.41) is 0. The third-order valence-corrected chi connectivity index (χ3v) is 3.82. The van der Waals surface area contributed by atoms with Crippen LogP contribution in [0.15, 0.2) is 48.5 Å². The molecule has 0 saturated carbocycles. The molecule has 0 aliphatic heterocycles. The van der Waals surface area contributed by atoms with Crippen molar-refractivity contribution < 1.29 is 19.0 Å². The zero-order valence-electron chi connectivity index (χ0n) is 15.7. The molecule has 2 rings (SSSR count). The van der Waals surface area contributed by atoms with E-state index < -0.39 is 0 Å². The van der Waals surface area contributed by atoms with Gasteiger partial charge in [-0.1, -0.05) is 12.1 Å². The molecule has 0 spiro atoms. The van der Waals surface area contributed by atoms with Crippen molar-refractivity contribution in [3.63, 3.8) is 0 Å². The van der Waals surface area contributed by atoms with E-state index in [9.17, 15) is 4.79 Å². The van der Waals surface area contributed by atoms with E-state index >= 15 is 0 Å². The molecular weight excluding hydrogens is 330 g/mol. The van der Waals surface area contributed by atoms with Crippen LogP contribution in [0.4, 0.5) is 0 Å². The van der Waals surface area contributed by atoms with Gasteiger partial charge in [0.1, 0.15) is 17.2 Å². The lowest BCUT2D eigenvalue weighted by Gasteiger charge is -2.15. The molecule has 1 amide bonds. The van der Waals surface area contributed by atoms with Crippen molar-refractivity contribution in [3.05, 3.63) is 59.7 Å². The van der Waals surface area contributed by atoms with Crippen LogP contribution in [0, 0.1) is 0 Å². The Labute approximate surface area is 154 Å². The van der Waals surface area contributed by atoms with Gasteiger partial charge in [0.05, 0.1) is 20.8 Å². The van der Waals surface area contributed by atoms with Crippen LogP contribution < -0.4 is 14.2 Å². The minimum atomic E-state index is -0.0827. The Kier molecular flexibility index (Phi) is 7.09. The van der Waals surface area contributed by atoms with Gasteiger partial charge in [-0.05, 0) is 48.4 Å². The van der Waals surface area contributed by atoms with Crippen molar-refractivity contribution in [2.75, 3.05) is 27.9 Å². The van der Waals surface area contributed by atoms with Gasteiger partial charge in [0.2, 0.25) is 5.91 Å². The minimum absolute atomic E-state index is 0.0827. The molecule has 0 atom stereocenters. The van der Waals surface area contributed by atoms with E-state index in [-0.39, 0.29) is 5.91 Å². The van der Waals surface area contributed by atoms with Crippen LogP contribution in [-0.2, 0) is 11.3 Å². The molecule has 2 aromatic carbocycles. The van der Waals surface area contributed by atoms with E-state index in [1.54, 1.807) is 44.4 Å². The second kappa shape index (κ2) is 9.51. The molecule has 5 nitrogen and oxygen atoms in total. The number of carbonyl (C=O) groups excluding carboxylic acids is 1. The molecule has 0 radical (unpaired) electrons. The van der Waals surface area contributed by atoms with Crippen LogP contribution in [0.2, 0.25) is 0 Å². The van der Waals surface area contributed by atoms with Gasteiger partial charge in [-0.2, -0.15) is 0 Å². The van der Waals surface area contributed by atoms with Gasteiger partial charge < -0.3 is 19.1 Å². The topological polar surface area (TPSA) is 48.0 Å². The second-order valence-corrected chi connectivity index (χ2v) is 5.75. The highest BCUT2D eigenvalue weighted by Gasteiger charge is 2.07. The maximum atomic E-state index is 12.4. The molecule has 0 N–H and O–H groups in total. The lowest BCUT2D eigenvalue weighted by atomic mass is 10.1. The SMILES string of the molecule is CCOc1ccc(CN(C)C(=O)/C=C/c2cc(OC)cc(OC)c2)cc1. The van der Waals surface area contributed by atoms with Gasteiger partial charge in [0.15, 0.2) is 0 Å². The third kappa shape index (κ3) is 5.55.